The van der Waals surface area contributed by atoms with Crippen molar-refractivity contribution >= 4 is 98.4 Å². The number of benzene rings is 4. The van der Waals surface area contributed by atoms with Crippen molar-refractivity contribution in [1.29, 1.82) is 0 Å². The highest BCUT2D eigenvalue weighted by Crippen LogP contribution is 2.36. The Morgan fingerprint density at radius 1 is 0.796 bits per heavy atom. The molecule has 5 aromatic rings. The van der Waals surface area contributed by atoms with Crippen molar-refractivity contribution in [3.05, 3.63) is 146 Å². The van der Waals surface area contributed by atoms with Gasteiger partial charge in [-0.2, -0.15) is 0 Å². The second kappa shape index (κ2) is 18.6. The Kier molecular flexibility index (Phi) is 13.7. The lowest BCUT2D eigenvalue weighted by Crippen LogP contribution is -2.30. The molecule has 5 rings (SSSR count). The number of hydrogen-bond donors (Lipinski definition) is 4. The Hall–Kier alpha value is -5.40. The number of para-hydroxylation sites is 1. The van der Waals surface area contributed by atoms with Gasteiger partial charge in [0.15, 0.2) is 0 Å². The lowest BCUT2D eigenvalue weighted by atomic mass is 10.1. The Morgan fingerprint density at radius 3 is 2.09 bits per heavy atom. The molecule has 0 radical (unpaired) electrons. The van der Waals surface area contributed by atoms with Gasteiger partial charge in [-0.15, -0.1) is 23.1 Å². The number of ether oxygens (including phenoxy) is 1. The summed E-state index contributed by atoms with van der Waals surface area (Å²) in [6.07, 6.45) is 1.40. The van der Waals surface area contributed by atoms with Gasteiger partial charge in [0.1, 0.15) is 10.7 Å². The molecule has 0 aliphatic heterocycles. The van der Waals surface area contributed by atoms with Gasteiger partial charge >= 0.3 is 5.97 Å². The van der Waals surface area contributed by atoms with Gasteiger partial charge in [0.05, 0.1) is 22.3 Å². The number of thioether (sulfide) groups is 1. The van der Waals surface area contributed by atoms with Crippen LogP contribution in [0.4, 0.5) is 16.4 Å². The van der Waals surface area contributed by atoms with Gasteiger partial charge in [0.2, 0.25) is 5.91 Å². The Labute approximate surface area is 330 Å². The van der Waals surface area contributed by atoms with Crippen molar-refractivity contribution < 1.29 is 28.7 Å². The molecule has 1 heterocycles. The van der Waals surface area contributed by atoms with Gasteiger partial charge in [-0.25, -0.2) is 4.79 Å². The highest BCUT2D eigenvalue weighted by Gasteiger charge is 2.28. The summed E-state index contributed by atoms with van der Waals surface area (Å²) >= 11 is 14.9. The molecule has 4 N–H and O–H groups in total. The summed E-state index contributed by atoms with van der Waals surface area (Å²) in [7, 11) is 0. The number of rotatable bonds is 13. The second-order valence-corrected chi connectivity index (χ2v) is 14.8. The predicted molar refractivity (Wildman–Crippen MR) is 217 cm³/mol. The van der Waals surface area contributed by atoms with Crippen LogP contribution in [0.1, 0.15) is 55.4 Å². The first-order valence-electron chi connectivity index (χ1n) is 16.5. The summed E-state index contributed by atoms with van der Waals surface area (Å²) < 4.78 is 5.25. The standard InChI is InChI=1S/C40H34Cl2N4O6S2/c1-4-52-40(51)33-23(2)34(38(50)43-26-15-9-6-10-16-26)54-39(33)46-35(47)24(3)53-28-18-11-17-27(21-28)44-37(49)32(22-29-30(41)19-12-20-31(29)42)45-36(48)25-13-7-5-8-14-25/h5-22,24H,4H2,1-3H3,(H,43,50)(H,44,49)(H,45,48)(H,46,47)/b32-22+. The highest BCUT2D eigenvalue weighted by atomic mass is 35.5. The molecule has 276 valence electrons. The van der Waals surface area contributed by atoms with Crippen LogP contribution in [0.15, 0.2) is 114 Å². The average Bonchev–Trinajstić information content (AvgIpc) is 3.48. The smallest absolute Gasteiger partial charge is 0.341 e. The third-order valence-electron chi connectivity index (χ3n) is 7.69. The SMILES string of the molecule is CCOC(=O)c1c(NC(=O)C(C)Sc2cccc(NC(=O)/C(=C\c3c(Cl)cccc3Cl)NC(=O)c3ccccc3)c2)sc(C(=O)Nc2ccccc2)c1C. The maximum Gasteiger partial charge on any atom is 0.341 e. The van der Waals surface area contributed by atoms with E-state index in [-0.39, 0.29) is 37.8 Å². The number of hydrogen-bond acceptors (Lipinski definition) is 8. The van der Waals surface area contributed by atoms with E-state index >= 15 is 0 Å². The number of halogens is 2. The molecule has 1 aromatic heterocycles. The number of carbonyl (C=O) groups is 5. The summed E-state index contributed by atoms with van der Waals surface area (Å²) in [6.45, 7) is 5.10. The molecule has 0 aliphatic carbocycles. The zero-order valence-corrected chi connectivity index (χ0v) is 32.3. The number of thiophene rings is 1. The summed E-state index contributed by atoms with van der Waals surface area (Å²) in [4.78, 5) is 67.3. The molecule has 14 heteroatoms. The number of carbonyl (C=O) groups excluding carboxylic acids is 5. The maximum absolute atomic E-state index is 13.6. The van der Waals surface area contributed by atoms with Gasteiger partial charge < -0.3 is 26.0 Å². The van der Waals surface area contributed by atoms with Crippen LogP contribution in [0.2, 0.25) is 10.0 Å². The zero-order valence-electron chi connectivity index (χ0n) is 29.2. The first-order valence-corrected chi connectivity index (χ1v) is 19.0. The van der Waals surface area contributed by atoms with Gasteiger partial charge in [0, 0.05) is 37.4 Å². The molecular weight excluding hydrogens is 768 g/mol. The van der Waals surface area contributed by atoms with Gasteiger partial charge in [0.25, 0.3) is 17.7 Å². The van der Waals surface area contributed by atoms with Crippen molar-refractivity contribution in [1.82, 2.24) is 5.32 Å². The van der Waals surface area contributed by atoms with Gasteiger partial charge in [-0.3, -0.25) is 19.2 Å². The molecule has 1 atom stereocenters. The second-order valence-electron chi connectivity index (χ2n) is 11.5. The lowest BCUT2D eigenvalue weighted by Gasteiger charge is -2.14. The molecule has 0 bridgehead atoms. The molecule has 10 nitrogen and oxygen atoms in total. The van der Waals surface area contributed by atoms with E-state index in [2.05, 4.69) is 21.3 Å². The molecule has 0 saturated carbocycles. The summed E-state index contributed by atoms with van der Waals surface area (Å²) in [5, 5.41) is 11.2. The molecule has 0 spiro atoms. The zero-order chi connectivity index (χ0) is 38.8. The summed E-state index contributed by atoms with van der Waals surface area (Å²) in [5.41, 5.74) is 2.04. The Bertz CT molecular complexity index is 2210. The minimum atomic E-state index is -0.682. The number of esters is 1. The first-order chi connectivity index (χ1) is 25.9. The van der Waals surface area contributed by atoms with E-state index in [9.17, 15) is 24.0 Å². The van der Waals surface area contributed by atoms with Crippen molar-refractivity contribution in [2.24, 2.45) is 0 Å². The predicted octanol–water partition coefficient (Wildman–Crippen LogP) is 9.32. The van der Waals surface area contributed by atoms with E-state index < -0.39 is 34.8 Å². The van der Waals surface area contributed by atoms with Gasteiger partial charge in [-0.05, 0) is 87.0 Å². The fourth-order valence-electron chi connectivity index (χ4n) is 5.03. The Balaban J connectivity index is 1.32. The Morgan fingerprint density at radius 2 is 1.43 bits per heavy atom. The van der Waals surface area contributed by atoms with Gasteiger partial charge in [-0.1, -0.05) is 71.7 Å². The van der Waals surface area contributed by atoms with Crippen LogP contribution >= 0.6 is 46.3 Å². The quantitative estimate of drug-likeness (QED) is 0.0528. The van der Waals surface area contributed by atoms with Crippen LogP contribution in [-0.2, 0) is 14.3 Å². The molecule has 4 aromatic carbocycles. The van der Waals surface area contributed by atoms with E-state index in [1.54, 1.807) is 118 Å². The minimum Gasteiger partial charge on any atom is -0.462 e. The molecule has 4 amide bonds. The molecule has 0 fully saturated rings. The van der Waals surface area contributed by atoms with Crippen LogP contribution in [0.3, 0.4) is 0 Å². The fraction of sp³-hybridized carbons (Fsp3) is 0.125. The lowest BCUT2D eigenvalue weighted by molar-refractivity contribution is -0.115. The third kappa shape index (κ3) is 10.2. The fourth-order valence-corrected chi connectivity index (χ4v) is 7.55. The topological polar surface area (TPSA) is 143 Å². The third-order valence-corrected chi connectivity index (χ3v) is 10.7. The van der Waals surface area contributed by atoms with Crippen molar-refractivity contribution in [2.75, 3.05) is 22.6 Å². The summed E-state index contributed by atoms with van der Waals surface area (Å²) in [5.74, 6) is -2.67. The van der Waals surface area contributed by atoms with E-state index in [1.165, 1.54) is 17.8 Å². The normalized spacial score (nSPS) is 11.6. The largest absolute Gasteiger partial charge is 0.462 e. The maximum atomic E-state index is 13.6. The van der Waals surface area contributed by atoms with Crippen LogP contribution in [0, 0.1) is 6.92 Å². The van der Waals surface area contributed by atoms with Crippen LogP contribution in [0.25, 0.3) is 6.08 Å². The summed E-state index contributed by atoms with van der Waals surface area (Å²) in [6, 6.07) is 29.0. The first kappa shape index (κ1) is 39.8. The highest BCUT2D eigenvalue weighted by molar-refractivity contribution is 8.00. The minimum absolute atomic E-state index is 0.106. The van der Waals surface area contributed by atoms with E-state index in [0.717, 1.165) is 11.3 Å². The molecular formula is C40H34Cl2N4O6S2. The molecule has 0 saturated heterocycles. The van der Waals surface area contributed by atoms with Crippen molar-refractivity contribution in [3.63, 3.8) is 0 Å². The van der Waals surface area contributed by atoms with Crippen LogP contribution in [0.5, 0.6) is 0 Å². The van der Waals surface area contributed by atoms with E-state index in [0.29, 0.717) is 33.0 Å². The molecule has 54 heavy (non-hydrogen) atoms. The molecule has 1 unspecified atom stereocenters. The number of anilines is 3. The van der Waals surface area contributed by atoms with E-state index in [1.807, 2.05) is 6.07 Å². The van der Waals surface area contributed by atoms with Crippen molar-refractivity contribution in [2.45, 2.75) is 30.9 Å². The number of amides is 4. The number of nitrogens with one attached hydrogen (secondary N) is 4. The van der Waals surface area contributed by atoms with E-state index in [4.69, 9.17) is 27.9 Å². The van der Waals surface area contributed by atoms with Crippen LogP contribution in [-0.4, -0.2) is 41.5 Å². The van der Waals surface area contributed by atoms with Crippen LogP contribution < -0.4 is 21.3 Å². The average molecular weight is 802 g/mol. The van der Waals surface area contributed by atoms with Crippen molar-refractivity contribution in [3.8, 4) is 0 Å². The monoisotopic (exact) mass is 800 g/mol. The molecule has 0 aliphatic rings.